The van der Waals surface area contributed by atoms with Crippen molar-refractivity contribution in [2.24, 2.45) is 0 Å². The number of amides is 2. The van der Waals surface area contributed by atoms with E-state index in [1.807, 2.05) is 6.92 Å². The summed E-state index contributed by atoms with van der Waals surface area (Å²) in [5.74, 6) is -4.40. The lowest BCUT2D eigenvalue weighted by Gasteiger charge is -2.15. The van der Waals surface area contributed by atoms with Crippen molar-refractivity contribution in [2.45, 2.75) is 25.8 Å². The molecule has 1 aromatic carbocycles. The van der Waals surface area contributed by atoms with Crippen molar-refractivity contribution in [3.63, 3.8) is 0 Å². The molecule has 0 spiro atoms. The number of nitrogens with one attached hydrogen (secondary N) is 1. The highest BCUT2D eigenvalue weighted by Crippen LogP contribution is 2.23. The van der Waals surface area contributed by atoms with Crippen LogP contribution in [0.2, 0.25) is 0 Å². The van der Waals surface area contributed by atoms with E-state index in [1.54, 1.807) is 0 Å². The predicted molar refractivity (Wildman–Crippen MR) is 65.4 cm³/mol. The molecule has 0 saturated carbocycles. The van der Waals surface area contributed by atoms with Gasteiger partial charge in [0.1, 0.15) is 11.9 Å². The lowest BCUT2D eigenvalue weighted by Crippen LogP contribution is -2.35. The zero-order chi connectivity index (χ0) is 14.9. The molecule has 2 amide bonds. The molecule has 20 heavy (non-hydrogen) atoms. The lowest BCUT2D eigenvalue weighted by molar-refractivity contribution is -0.138. The summed E-state index contributed by atoms with van der Waals surface area (Å²) in [5, 5.41) is 2.45. The molecule has 7 heteroatoms. The van der Waals surface area contributed by atoms with Gasteiger partial charge in [-0.15, -0.1) is 0 Å². The fourth-order valence-corrected chi connectivity index (χ4v) is 2.08. The van der Waals surface area contributed by atoms with E-state index in [-0.39, 0.29) is 24.6 Å². The number of rotatable bonds is 4. The highest BCUT2D eigenvalue weighted by atomic mass is 19.2. The van der Waals surface area contributed by atoms with E-state index in [0.717, 1.165) is 4.90 Å². The number of likely N-dealkylation sites (tertiary alicyclic amines) is 1. The fraction of sp³-hybridized carbons (Fsp3) is 0.385. The van der Waals surface area contributed by atoms with Gasteiger partial charge in [0.25, 0.3) is 5.91 Å². The molecule has 0 bridgehead atoms. The number of hydrogen-bond donors (Lipinski definition) is 1. The van der Waals surface area contributed by atoms with Gasteiger partial charge >= 0.3 is 0 Å². The van der Waals surface area contributed by atoms with E-state index >= 15 is 0 Å². The molecule has 1 N–H and O–H groups in total. The summed E-state index contributed by atoms with van der Waals surface area (Å²) in [6.07, 6.45) is 0.487. The molecule has 1 aromatic rings. The Morgan fingerprint density at radius 3 is 2.50 bits per heavy atom. The number of anilines is 1. The molecule has 4 nitrogen and oxygen atoms in total. The first-order chi connectivity index (χ1) is 9.43. The molecule has 0 aliphatic carbocycles. The minimum Gasteiger partial charge on any atom is -0.371 e. The summed E-state index contributed by atoms with van der Waals surface area (Å²) in [4.78, 5) is 24.6. The average Bonchev–Trinajstić information content (AvgIpc) is 2.64. The molecule has 0 aromatic heterocycles. The normalized spacial score (nSPS) is 18.8. The molecular formula is C13H13F3N2O2. The number of halogens is 3. The minimum atomic E-state index is -1.31. The number of carbonyl (C=O) groups excluding carboxylic acids is 2. The van der Waals surface area contributed by atoms with Crippen molar-refractivity contribution < 1.29 is 22.8 Å². The standard InChI is InChI=1S/C13H13F3N2O2/c1-2-3-18-12(19)6-11(13(18)20)17-10-5-8(15)7(14)4-9(10)16/h4-5,11,17H,2-3,6H2,1H3. The van der Waals surface area contributed by atoms with Crippen LogP contribution in [0.4, 0.5) is 18.9 Å². The van der Waals surface area contributed by atoms with Crippen LogP contribution in [0.1, 0.15) is 19.8 Å². The quantitative estimate of drug-likeness (QED) is 0.681. The summed E-state index contributed by atoms with van der Waals surface area (Å²) >= 11 is 0. The van der Waals surface area contributed by atoms with Crippen LogP contribution in [0.3, 0.4) is 0 Å². The molecule has 1 atom stereocenters. The summed E-state index contributed by atoms with van der Waals surface area (Å²) in [5.41, 5.74) is -0.339. The highest BCUT2D eigenvalue weighted by molar-refractivity contribution is 6.06. The van der Waals surface area contributed by atoms with E-state index in [2.05, 4.69) is 5.32 Å². The zero-order valence-electron chi connectivity index (χ0n) is 10.8. The van der Waals surface area contributed by atoms with Crippen molar-refractivity contribution >= 4 is 17.5 Å². The minimum absolute atomic E-state index is 0.128. The Labute approximate surface area is 113 Å². The third-order valence-electron chi connectivity index (χ3n) is 3.03. The van der Waals surface area contributed by atoms with Crippen LogP contribution >= 0.6 is 0 Å². The number of imide groups is 1. The molecule has 108 valence electrons. The van der Waals surface area contributed by atoms with Crippen LogP contribution in [0.15, 0.2) is 12.1 Å². The van der Waals surface area contributed by atoms with E-state index in [0.29, 0.717) is 18.6 Å². The number of nitrogens with zero attached hydrogens (tertiary/aromatic N) is 1. The average molecular weight is 286 g/mol. The third kappa shape index (κ3) is 2.61. The van der Waals surface area contributed by atoms with Gasteiger partial charge < -0.3 is 5.32 Å². The Morgan fingerprint density at radius 1 is 1.20 bits per heavy atom. The summed E-state index contributed by atoms with van der Waals surface area (Å²) < 4.78 is 39.3. The van der Waals surface area contributed by atoms with E-state index in [9.17, 15) is 22.8 Å². The van der Waals surface area contributed by atoms with Crippen molar-refractivity contribution in [3.05, 3.63) is 29.6 Å². The first-order valence-corrected chi connectivity index (χ1v) is 6.19. The molecule has 1 heterocycles. The van der Waals surface area contributed by atoms with Gasteiger partial charge in [-0.25, -0.2) is 13.2 Å². The fourth-order valence-electron chi connectivity index (χ4n) is 2.08. The second kappa shape index (κ2) is 5.52. The van der Waals surface area contributed by atoms with Crippen LogP contribution in [-0.4, -0.2) is 29.3 Å². The van der Waals surface area contributed by atoms with E-state index in [4.69, 9.17) is 0 Å². The van der Waals surface area contributed by atoms with Gasteiger partial charge in [-0.3, -0.25) is 14.5 Å². The van der Waals surface area contributed by atoms with E-state index in [1.165, 1.54) is 0 Å². The highest BCUT2D eigenvalue weighted by Gasteiger charge is 2.38. The first-order valence-electron chi connectivity index (χ1n) is 6.19. The maximum atomic E-state index is 13.5. The molecule has 2 rings (SSSR count). The molecule has 1 fully saturated rings. The summed E-state index contributed by atoms with van der Waals surface area (Å²) in [7, 11) is 0. The van der Waals surface area contributed by atoms with Crippen LogP contribution < -0.4 is 5.32 Å². The van der Waals surface area contributed by atoms with Crippen LogP contribution in [0.5, 0.6) is 0 Å². The predicted octanol–water partition coefficient (Wildman–Crippen LogP) is 2.05. The molecule has 1 aliphatic rings. The Bertz CT molecular complexity index is 563. The Balaban J connectivity index is 2.17. The van der Waals surface area contributed by atoms with Gasteiger partial charge in [-0.1, -0.05) is 6.92 Å². The Hall–Kier alpha value is -2.05. The monoisotopic (exact) mass is 286 g/mol. The van der Waals surface area contributed by atoms with Gasteiger partial charge in [0.15, 0.2) is 11.6 Å². The SMILES string of the molecule is CCCN1C(=O)CC(Nc2cc(F)c(F)cc2F)C1=O. The lowest BCUT2D eigenvalue weighted by atomic mass is 10.2. The van der Waals surface area contributed by atoms with Crippen molar-refractivity contribution in [3.8, 4) is 0 Å². The van der Waals surface area contributed by atoms with Crippen molar-refractivity contribution in [2.75, 3.05) is 11.9 Å². The van der Waals surface area contributed by atoms with Gasteiger partial charge in [0.05, 0.1) is 12.1 Å². The molecule has 1 unspecified atom stereocenters. The van der Waals surface area contributed by atoms with Crippen LogP contribution in [0.25, 0.3) is 0 Å². The van der Waals surface area contributed by atoms with Crippen molar-refractivity contribution in [1.82, 2.24) is 4.90 Å². The van der Waals surface area contributed by atoms with Gasteiger partial charge in [-0.2, -0.15) is 0 Å². The topological polar surface area (TPSA) is 49.4 Å². The smallest absolute Gasteiger partial charge is 0.252 e. The largest absolute Gasteiger partial charge is 0.371 e. The number of hydrogen-bond acceptors (Lipinski definition) is 3. The number of carbonyl (C=O) groups is 2. The molecule has 1 saturated heterocycles. The molecule has 1 aliphatic heterocycles. The van der Waals surface area contributed by atoms with Gasteiger partial charge in [0, 0.05) is 18.7 Å². The second-order valence-electron chi connectivity index (χ2n) is 4.53. The number of benzene rings is 1. The summed E-state index contributed by atoms with van der Waals surface area (Å²) in [6, 6.07) is 0.0709. The second-order valence-corrected chi connectivity index (χ2v) is 4.53. The van der Waals surface area contributed by atoms with Gasteiger partial charge in [0.2, 0.25) is 5.91 Å². The Morgan fingerprint density at radius 2 is 1.85 bits per heavy atom. The third-order valence-corrected chi connectivity index (χ3v) is 3.03. The molecule has 0 radical (unpaired) electrons. The maximum absolute atomic E-state index is 13.5. The molecular weight excluding hydrogens is 273 g/mol. The van der Waals surface area contributed by atoms with Crippen LogP contribution in [0, 0.1) is 17.5 Å². The van der Waals surface area contributed by atoms with E-state index < -0.39 is 29.4 Å². The van der Waals surface area contributed by atoms with Crippen molar-refractivity contribution in [1.29, 1.82) is 0 Å². The Kier molecular flexibility index (Phi) is 3.96. The summed E-state index contributed by atoms with van der Waals surface area (Å²) in [6.45, 7) is 2.10. The van der Waals surface area contributed by atoms with Gasteiger partial charge in [-0.05, 0) is 6.42 Å². The first kappa shape index (κ1) is 14.4. The maximum Gasteiger partial charge on any atom is 0.252 e. The zero-order valence-corrected chi connectivity index (χ0v) is 10.8. The van der Waals surface area contributed by atoms with Crippen LogP contribution in [-0.2, 0) is 9.59 Å².